The molecule has 2 amide bonds. The Morgan fingerprint density at radius 2 is 2.13 bits per heavy atom. The molecule has 4 heteroatoms. The predicted molar refractivity (Wildman–Crippen MR) is 58.4 cm³/mol. The van der Waals surface area contributed by atoms with E-state index in [2.05, 4.69) is 22.5 Å². The van der Waals surface area contributed by atoms with Gasteiger partial charge in [-0.1, -0.05) is 0 Å². The van der Waals surface area contributed by atoms with Crippen molar-refractivity contribution in [2.75, 3.05) is 26.2 Å². The first-order valence-corrected chi connectivity index (χ1v) is 5.58. The van der Waals surface area contributed by atoms with Crippen LogP contribution in [0.25, 0.3) is 0 Å². The van der Waals surface area contributed by atoms with Crippen molar-refractivity contribution in [3.8, 4) is 11.8 Å². The fraction of sp³-hybridized carbons (Fsp3) is 0.727. The molecule has 0 aromatic rings. The Morgan fingerprint density at radius 1 is 1.33 bits per heavy atom. The molecule has 2 rings (SSSR count). The van der Waals surface area contributed by atoms with Crippen molar-refractivity contribution in [1.29, 1.82) is 0 Å². The first kappa shape index (κ1) is 10.3. The van der Waals surface area contributed by atoms with Gasteiger partial charge in [-0.15, -0.1) is 11.8 Å². The molecule has 1 atom stereocenters. The zero-order chi connectivity index (χ0) is 10.5. The van der Waals surface area contributed by atoms with E-state index in [1.807, 2.05) is 4.90 Å². The number of carbonyl (C=O) groups is 1. The zero-order valence-electron chi connectivity index (χ0n) is 8.88. The van der Waals surface area contributed by atoms with Gasteiger partial charge in [0.15, 0.2) is 0 Å². The molecule has 0 aromatic carbocycles. The third-order valence-electron chi connectivity index (χ3n) is 2.82. The molecule has 1 saturated heterocycles. The molecule has 1 fully saturated rings. The zero-order valence-corrected chi connectivity index (χ0v) is 8.88. The lowest BCUT2D eigenvalue weighted by molar-refractivity contribution is 0.185. The molecular formula is C11H17N3O. The van der Waals surface area contributed by atoms with Crippen LogP contribution in [0.2, 0.25) is 0 Å². The molecule has 82 valence electrons. The van der Waals surface area contributed by atoms with E-state index in [9.17, 15) is 4.79 Å². The fourth-order valence-electron chi connectivity index (χ4n) is 1.89. The molecule has 0 bridgehead atoms. The molecule has 0 spiro atoms. The Hall–Kier alpha value is -1.21. The topological polar surface area (TPSA) is 44.4 Å². The third-order valence-corrected chi connectivity index (χ3v) is 2.82. The third kappa shape index (κ3) is 2.87. The van der Waals surface area contributed by atoms with Gasteiger partial charge in [-0.2, -0.15) is 0 Å². The second kappa shape index (κ2) is 5.04. The Morgan fingerprint density at radius 3 is 2.80 bits per heavy atom. The highest BCUT2D eigenvalue weighted by Crippen LogP contribution is 2.06. The summed E-state index contributed by atoms with van der Waals surface area (Å²) in [5.41, 5.74) is 0. The summed E-state index contributed by atoms with van der Waals surface area (Å²) in [6.45, 7) is 3.42. The van der Waals surface area contributed by atoms with Gasteiger partial charge in [0.05, 0.1) is 0 Å². The number of hydrogen-bond acceptors (Lipinski definition) is 2. The highest BCUT2D eigenvalue weighted by Gasteiger charge is 2.19. The summed E-state index contributed by atoms with van der Waals surface area (Å²) in [4.78, 5) is 13.7. The van der Waals surface area contributed by atoms with Gasteiger partial charge < -0.3 is 15.5 Å². The van der Waals surface area contributed by atoms with Crippen molar-refractivity contribution in [1.82, 2.24) is 15.5 Å². The summed E-state index contributed by atoms with van der Waals surface area (Å²) in [7, 11) is 0. The number of hydrogen-bond donors (Lipinski definition) is 2. The van der Waals surface area contributed by atoms with Crippen molar-refractivity contribution < 1.29 is 4.79 Å². The Balaban J connectivity index is 1.78. The molecule has 1 heterocycles. The summed E-state index contributed by atoms with van der Waals surface area (Å²) in [6.07, 6.45) is 2.70. The second-order valence-electron chi connectivity index (χ2n) is 3.98. The summed E-state index contributed by atoms with van der Waals surface area (Å²) in [5.74, 6) is 6.09. The summed E-state index contributed by atoms with van der Waals surface area (Å²) in [6, 6.07) is 0.332. The highest BCUT2D eigenvalue weighted by molar-refractivity contribution is 5.74. The van der Waals surface area contributed by atoms with E-state index in [-0.39, 0.29) is 12.1 Å². The van der Waals surface area contributed by atoms with Gasteiger partial charge in [0.1, 0.15) is 0 Å². The molecule has 0 radical (unpaired) electrons. The number of amides is 2. The monoisotopic (exact) mass is 207 g/mol. The molecule has 1 unspecified atom stereocenters. The lowest BCUT2D eigenvalue weighted by atomic mass is 10.0. The number of rotatable bonds is 1. The van der Waals surface area contributed by atoms with Crippen LogP contribution < -0.4 is 10.6 Å². The molecule has 4 nitrogen and oxygen atoms in total. The van der Waals surface area contributed by atoms with Gasteiger partial charge in [-0.05, 0) is 6.42 Å². The average Bonchev–Trinajstić information content (AvgIpc) is 2.31. The first-order chi connectivity index (χ1) is 7.36. The SMILES string of the molecule is O=C(NC1CC#CCC1)N1CCNCC1. The van der Waals surface area contributed by atoms with Crippen LogP contribution in [0.15, 0.2) is 0 Å². The van der Waals surface area contributed by atoms with Crippen LogP contribution in [0.5, 0.6) is 0 Å². The van der Waals surface area contributed by atoms with E-state index in [1.165, 1.54) is 0 Å². The molecule has 2 aliphatic rings. The van der Waals surface area contributed by atoms with Crippen molar-refractivity contribution in [2.24, 2.45) is 0 Å². The first-order valence-electron chi connectivity index (χ1n) is 5.58. The standard InChI is InChI=1S/C11H17N3O/c15-11(14-8-6-12-7-9-14)13-10-4-2-1-3-5-10/h10,12H,2,4-9H2,(H,13,15). The Kier molecular flexibility index (Phi) is 3.46. The quantitative estimate of drug-likeness (QED) is 0.601. The maximum Gasteiger partial charge on any atom is 0.317 e. The lowest BCUT2D eigenvalue weighted by Crippen LogP contribution is -2.52. The average molecular weight is 207 g/mol. The summed E-state index contributed by atoms with van der Waals surface area (Å²) >= 11 is 0. The van der Waals surface area contributed by atoms with Crippen molar-refractivity contribution >= 4 is 6.03 Å². The minimum absolute atomic E-state index is 0.0743. The van der Waals surface area contributed by atoms with Gasteiger partial charge in [-0.25, -0.2) is 4.79 Å². The van der Waals surface area contributed by atoms with Crippen LogP contribution in [-0.2, 0) is 0 Å². The Labute approximate surface area is 90.4 Å². The second-order valence-corrected chi connectivity index (χ2v) is 3.98. The fourth-order valence-corrected chi connectivity index (χ4v) is 1.89. The highest BCUT2D eigenvalue weighted by atomic mass is 16.2. The van der Waals surface area contributed by atoms with Crippen LogP contribution in [-0.4, -0.2) is 43.2 Å². The smallest absolute Gasteiger partial charge is 0.317 e. The van der Waals surface area contributed by atoms with E-state index in [0.29, 0.717) is 0 Å². The normalized spacial score (nSPS) is 25.3. The molecular weight excluding hydrogens is 190 g/mol. The van der Waals surface area contributed by atoms with Gasteiger partial charge >= 0.3 is 6.03 Å². The largest absolute Gasteiger partial charge is 0.334 e. The van der Waals surface area contributed by atoms with E-state index in [1.54, 1.807) is 0 Å². The van der Waals surface area contributed by atoms with Gasteiger partial charge in [0.25, 0.3) is 0 Å². The molecule has 2 N–H and O–H groups in total. The van der Waals surface area contributed by atoms with E-state index < -0.39 is 0 Å². The van der Waals surface area contributed by atoms with E-state index in [4.69, 9.17) is 0 Å². The molecule has 15 heavy (non-hydrogen) atoms. The molecule has 0 aromatic heterocycles. The molecule has 0 saturated carbocycles. The summed E-state index contributed by atoms with van der Waals surface area (Å²) < 4.78 is 0. The van der Waals surface area contributed by atoms with Crippen LogP contribution >= 0.6 is 0 Å². The van der Waals surface area contributed by atoms with Crippen molar-refractivity contribution in [2.45, 2.75) is 25.3 Å². The minimum atomic E-state index is 0.0743. The number of piperazine rings is 1. The van der Waals surface area contributed by atoms with Crippen LogP contribution in [0, 0.1) is 11.8 Å². The maximum absolute atomic E-state index is 11.8. The minimum Gasteiger partial charge on any atom is -0.334 e. The summed E-state index contributed by atoms with van der Waals surface area (Å²) in [5, 5.41) is 6.27. The lowest BCUT2D eigenvalue weighted by Gasteiger charge is -2.29. The van der Waals surface area contributed by atoms with Gasteiger partial charge in [0.2, 0.25) is 0 Å². The predicted octanol–water partition coefficient (Wildman–Crippen LogP) is 0.157. The number of nitrogens with zero attached hydrogens (tertiary/aromatic N) is 1. The molecule has 1 aliphatic carbocycles. The van der Waals surface area contributed by atoms with Crippen LogP contribution in [0.1, 0.15) is 19.3 Å². The van der Waals surface area contributed by atoms with Crippen LogP contribution in [0.4, 0.5) is 4.79 Å². The van der Waals surface area contributed by atoms with Crippen molar-refractivity contribution in [3.05, 3.63) is 0 Å². The Bertz CT molecular complexity index is 286. The number of urea groups is 1. The van der Waals surface area contributed by atoms with Crippen molar-refractivity contribution in [3.63, 3.8) is 0 Å². The number of carbonyl (C=O) groups excluding carboxylic acids is 1. The van der Waals surface area contributed by atoms with E-state index >= 15 is 0 Å². The van der Waals surface area contributed by atoms with E-state index in [0.717, 1.165) is 45.4 Å². The number of nitrogens with one attached hydrogen (secondary N) is 2. The van der Waals surface area contributed by atoms with Gasteiger partial charge in [-0.3, -0.25) is 0 Å². The van der Waals surface area contributed by atoms with Gasteiger partial charge in [0, 0.05) is 45.1 Å². The maximum atomic E-state index is 11.8. The van der Waals surface area contributed by atoms with Crippen LogP contribution in [0.3, 0.4) is 0 Å². The molecule has 1 aliphatic heterocycles.